The molecule has 0 bridgehead atoms. The Balaban J connectivity index is -0.000000296. The van der Waals surface area contributed by atoms with Crippen LogP contribution in [0, 0.1) is 5.92 Å². The van der Waals surface area contributed by atoms with E-state index in [0.717, 1.165) is 0 Å². The van der Waals surface area contributed by atoms with E-state index < -0.39 is 29.8 Å². The first-order valence-electron chi connectivity index (χ1n) is 7.17. The monoisotopic (exact) mass is 364 g/mol. The number of hydrogen-bond acceptors (Lipinski definition) is 5. The maximum atomic E-state index is 9.90. The molecule has 0 spiro atoms. The summed E-state index contributed by atoms with van der Waals surface area (Å²) in [5.41, 5.74) is 0. The Morgan fingerprint density at radius 2 is 1.00 bits per heavy atom. The summed E-state index contributed by atoms with van der Waals surface area (Å²) in [4.78, 5) is 48.7. The summed E-state index contributed by atoms with van der Waals surface area (Å²) in [5.74, 6) is -4.69. The Morgan fingerprint density at radius 3 is 1.12 bits per heavy atom. The Labute approximate surface area is 144 Å². The van der Waals surface area contributed by atoms with E-state index in [9.17, 15) is 24.0 Å². The first-order chi connectivity index (χ1) is 11.4. The van der Waals surface area contributed by atoms with Gasteiger partial charge in [-0.2, -0.15) is 0 Å². The predicted octanol–water partition coefficient (Wildman–Crippen LogP) is 1.54. The van der Waals surface area contributed by atoms with Crippen LogP contribution in [0.5, 0.6) is 0 Å². The van der Waals surface area contributed by atoms with Gasteiger partial charge in [-0.15, -0.1) is 0 Å². The highest BCUT2D eigenvalue weighted by atomic mass is 16.4. The molecule has 0 amide bonds. The molecule has 0 saturated carbocycles. The van der Waals surface area contributed by atoms with Gasteiger partial charge in [-0.05, 0) is 18.8 Å². The molecule has 144 valence electrons. The van der Waals surface area contributed by atoms with E-state index in [4.69, 9.17) is 25.5 Å². The van der Waals surface area contributed by atoms with E-state index in [2.05, 4.69) is 0 Å². The fourth-order valence-corrected chi connectivity index (χ4v) is 1.04. The quantitative estimate of drug-likeness (QED) is 0.296. The van der Waals surface area contributed by atoms with Crippen molar-refractivity contribution in [3.63, 3.8) is 0 Å². The zero-order valence-corrected chi connectivity index (χ0v) is 14.0. The molecular weight excluding hydrogens is 340 g/mol. The van der Waals surface area contributed by atoms with Gasteiger partial charge in [0.2, 0.25) is 0 Å². The van der Waals surface area contributed by atoms with E-state index in [0.29, 0.717) is 25.0 Å². The van der Waals surface area contributed by atoms with Crippen LogP contribution < -0.4 is 0 Å². The normalized spacial score (nSPS) is 9.40. The predicted molar refractivity (Wildman–Crippen MR) is 85.2 cm³/mol. The van der Waals surface area contributed by atoms with Crippen molar-refractivity contribution in [1.29, 1.82) is 0 Å². The summed E-state index contributed by atoms with van der Waals surface area (Å²) in [5, 5.41) is 40.0. The van der Waals surface area contributed by atoms with Crippen LogP contribution in [0.4, 0.5) is 0 Å². The number of carboxylic acids is 5. The second-order valence-corrected chi connectivity index (χ2v) is 5.00. The van der Waals surface area contributed by atoms with Crippen molar-refractivity contribution in [2.45, 2.75) is 46.0 Å². The molecule has 10 nitrogen and oxygen atoms in total. The van der Waals surface area contributed by atoms with Gasteiger partial charge >= 0.3 is 29.8 Å². The van der Waals surface area contributed by atoms with E-state index in [1.165, 1.54) is 0 Å². The fourth-order valence-electron chi connectivity index (χ4n) is 1.04. The van der Waals surface area contributed by atoms with Crippen LogP contribution in [-0.2, 0) is 24.0 Å². The minimum absolute atomic E-state index is 0.0628. The number of aliphatic carboxylic acids is 5. The zero-order chi connectivity index (χ0) is 20.4. The molecule has 0 aliphatic rings. The van der Waals surface area contributed by atoms with Gasteiger partial charge in [0.25, 0.3) is 0 Å². The molecule has 0 saturated heterocycles. The van der Waals surface area contributed by atoms with Gasteiger partial charge in [-0.1, -0.05) is 13.8 Å². The molecule has 10 heteroatoms. The third kappa shape index (κ3) is 44.9. The molecule has 0 heterocycles. The van der Waals surface area contributed by atoms with Crippen molar-refractivity contribution in [3.05, 3.63) is 12.2 Å². The van der Waals surface area contributed by atoms with Crippen LogP contribution in [0.1, 0.15) is 46.0 Å². The first-order valence-corrected chi connectivity index (χ1v) is 7.17. The standard InChI is InChI=1S/C6H10O4.C5H10O2.C4H4O4/c7-5(8)3-1-2-4-6(9)10;1-4(2)3-5(6)7;5-3(6)1-2-4(7)8/h1-4H2,(H,7,8)(H,9,10);4H,3H2,1-2H3,(H,6,7);1-2H,(H,5,6)(H,7,8)/b;;2-1-. The fraction of sp³-hybridized carbons (Fsp3) is 0.533. The topological polar surface area (TPSA) is 186 Å². The number of carbonyl (C=O) groups is 5. The number of hydrogen-bond donors (Lipinski definition) is 5. The van der Waals surface area contributed by atoms with E-state index in [1.807, 2.05) is 13.8 Å². The Bertz CT molecular complexity index is 433. The lowest BCUT2D eigenvalue weighted by molar-refractivity contribution is -0.139. The molecule has 0 aromatic rings. The highest BCUT2D eigenvalue weighted by Gasteiger charge is 1.99. The molecule has 0 atom stereocenters. The lowest BCUT2D eigenvalue weighted by atomic mass is 10.1. The van der Waals surface area contributed by atoms with Gasteiger partial charge in [-0.3, -0.25) is 14.4 Å². The molecule has 0 rings (SSSR count). The molecular formula is C15H24O10. The Kier molecular flexibility index (Phi) is 18.8. The van der Waals surface area contributed by atoms with E-state index in [-0.39, 0.29) is 25.2 Å². The van der Waals surface area contributed by atoms with Crippen molar-refractivity contribution in [2.75, 3.05) is 0 Å². The van der Waals surface area contributed by atoms with Gasteiger partial charge in [0, 0.05) is 31.4 Å². The Morgan fingerprint density at radius 1 is 0.680 bits per heavy atom. The van der Waals surface area contributed by atoms with Gasteiger partial charge in [0.05, 0.1) is 0 Å². The van der Waals surface area contributed by atoms with E-state index in [1.54, 1.807) is 0 Å². The molecule has 0 aliphatic heterocycles. The molecule has 0 radical (unpaired) electrons. The van der Waals surface area contributed by atoms with Crippen LogP contribution in [-0.4, -0.2) is 55.4 Å². The highest BCUT2D eigenvalue weighted by Crippen LogP contribution is 1.98. The van der Waals surface area contributed by atoms with Crippen LogP contribution in [0.2, 0.25) is 0 Å². The molecule has 0 fully saturated rings. The van der Waals surface area contributed by atoms with Gasteiger partial charge in [0.1, 0.15) is 0 Å². The average Bonchev–Trinajstić information content (AvgIpc) is 2.41. The lowest BCUT2D eigenvalue weighted by Gasteiger charge is -1.94. The molecule has 0 aromatic heterocycles. The van der Waals surface area contributed by atoms with Crippen LogP contribution in [0.25, 0.3) is 0 Å². The summed E-state index contributed by atoms with van der Waals surface area (Å²) in [6, 6.07) is 0. The Hall–Kier alpha value is -2.91. The molecule has 0 aromatic carbocycles. The van der Waals surface area contributed by atoms with Gasteiger partial charge in [-0.25, -0.2) is 9.59 Å². The summed E-state index contributed by atoms with van der Waals surface area (Å²) in [6.07, 6.45) is 2.41. The minimum atomic E-state index is -1.26. The van der Waals surface area contributed by atoms with Crippen LogP contribution in [0.3, 0.4) is 0 Å². The molecule has 25 heavy (non-hydrogen) atoms. The lowest BCUT2D eigenvalue weighted by Crippen LogP contribution is -1.99. The van der Waals surface area contributed by atoms with Crippen molar-refractivity contribution < 1.29 is 49.5 Å². The second-order valence-electron chi connectivity index (χ2n) is 5.00. The van der Waals surface area contributed by atoms with Crippen LogP contribution >= 0.6 is 0 Å². The smallest absolute Gasteiger partial charge is 0.328 e. The minimum Gasteiger partial charge on any atom is -0.481 e. The van der Waals surface area contributed by atoms with Crippen molar-refractivity contribution >= 4 is 29.8 Å². The third-order valence-corrected chi connectivity index (χ3v) is 1.98. The van der Waals surface area contributed by atoms with Crippen LogP contribution in [0.15, 0.2) is 12.2 Å². The van der Waals surface area contributed by atoms with Crippen molar-refractivity contribution in [1.82, 2.24) is 0 Å². The number of rotatable bonds is 9. The summed E-state index contributed by atoms with van der Waals surface area (Å²) >= 11 is 0. The highest BCUT2D eigenvalue weighted by molar-refractivity contribution is 5.89. The first kappa shape index (κ1) is 27.0. The maximum absolute atomic E-state index is 9.90. The zero-order valence-electron chi connectivity index (χ0n) is 14.0. The number of unbranched alkanes of at least 4 members (excludes halogenated alkanes) is 1. The summed E-state index contributed by atoms with van der Waals surface area (Å²) in [6.45, 7) is 3.77. The maximum Gasteiger partial charge on any atom is 0.328 e. The van der Waals surface area contributed by atoms with Crippen molar-refractivity contribution in [2.24, 2.45) is 5.92 Å². The largest absolute Gasteiger partial charge is 0.481 e. The average molecular weight is 364 g/mol. The van der Waals surface area contributed by atoms with E-state index >= 15 is 0 Å². The van der Waals surface area contributed by atoms with Gasteiger partial charge < -0.3 is 25.5 Å². The third-order valence-electron chi connectivity index (χ3n) is 1.98. The molecule has 0 aliphatic carbocycles. The molecule has 0 unspecified atom stereocenters. The van der Waals surface area contributed by atoms with Crippen molar-refractivity contribution in [3.8, 4) is 0 Å². The second kappa shape index (κ2) is 17.4. The SMILES string of the molecule is CC(C)CC(=O)O.O=C(O)/C=C\C(=O)O.O=C(O)CCCCC(=O)O. The van der Waals surface area contributed by atoms with Gasteiger partial charge in [0.15, 0.2) is 0 Å². The summed E-state index contributed by atoms with van der Waals surface area (Å²) < 4.78 is 0. The molecule has 5 N–H and O–H groups in total. The summed E-state index contributed by atoms with van der Waals surface area (Å²) in [7, 11) is 0. The number of carboxylic acid groups (broad SMARTS) is 5.